The Bertz CT molecular complexity index is 973. The van der Waals surface area contributed by atoms with Crippen molar-refractivity contribution < 1.29 is 4.79 Å². The first-order valence-corrected chi connectivity index (χ1v) is 9.70. The van der Waals surface area contributed by atoms with Gasteiger partial charge in [-0.15, -0.1) is 0 Å². The van der Waals surface area contributed by atoms with E-state index in [1.54, 1.807) is 0 Å². The van der Waals surface area contributed by atoms with E-state index in [0.717, 1.165) is 27.8 Å². The number of halogens is 1. The molecular formula is C24H23ClO. The van der Waals surface area contributed by atoms with Gasteiger partial charge in [-0.2, -0.15) is 0 Å². The highest BCUT2D eigenvalue weighted by atomic mass is 35.5. The highest BCUT2D eigenvalue weighted by molar-refractivity contribution is 6.35. The molecule has 3 aromatic rings. The van der Waals surface area contributed by atoms with Crippen molar-refractivity contribution in [2.24, 2.45) is 5.92 Å². The maximum absolute atomic E-state index is 12.8. The van der Waals surface area contributed by atoms with E-state index in [-0.39, 0.29) is 5.92 Å². The third-order valence-electron chi connectivity index (χ3n) is 5.48. The standard InChI is InChI=1S/C24H23ClO/c1-15(2)18-6-3-7-19(13-18)20-14-22(20)24(26)12-16-9-10-17-5-4-8-23(25)21(17)11-16/h3-11,13,15,20,22H,12,14H2,1-2H3. The monoisotopic (exact) mass is 362 g/mol. The molecule has 2 atom stereocenters. The molecule has 1 nitrogen and oxygen atoms in total. The molecule has 0 bridgehead atoms. The number of hydrogen-bond acceptors (Lipinski definition) is 1. The summed E-state index contributed by atoms with van der Waals surface area (Å²) in [5, 5.41) is 2.88. The predicted molar refractivity (Wildman–Crippen MR) is 109 cm³/mol. The van der Waals surface area contributed by atoms with Crippen molar-refractivity contribution in [1.29, 1.82) is 0 Å². The van der Waals surface area contributed by atoms with Gasteiger partial charge >= 0.3 is 0 Å². The van der Waals surface area contributed by atoms with E-state index in [0.29, 0.717) is 24.0 Å². The Morgan fingerprint density at radius 3 is 2.69 bits per heavy atom. The molecule has 2 unspecified atom stereocenters. The Hall–Kier alpha value is -2.12. The minimum atomic E-state index is 0.166. The van der Waals surface area contributed by atoms with E-state index in [2.05, 4.69) is 50.2 Å². The summed E-state index contributed by atoms with van der Waals surface area (Å²) >= 11 is 6.30. The van der Waals surface area contributed by atoms with Crippen molar-refractivity contribution in [3.8, 4) is 0 Å². The van der Waals surface area contributed by atoms with E-state index in [4.69, 9.17) is 11.6 Å². The molecule has 3 aromatic carbocycles. The second-order valence-corrected chi connectivity index (χ2v) is 8.12. The van der Waals surface area contributed by atoms with Crippen molar-refractivity contribution >= 4 is 28.2 Å². The van der Waals surface area contributed by atoms with E-state index < -0.39 is 0 Å². The number of Topliss-reactive ketones (excluding diaryl/α,β-unsaturated/α-hetero) is 1. The van der Waals surface area contributed by atoms with Crippen LogP contribution in [0.1, 0.15) is 48.8 Å². The average molecular weight is 363 g/mol. The zero-order valence-corrected chi connectivity index (χ0v) is 16.0. The molecule has 0 spiro atoms. The predicted octanol–water partition coefficient (Wildman–Crippen LogP) is 6.53. The van der Waals surface area contributed by atoms with Gasteiger partial charge in [-0.3, -0.25) is 4.79 Å². The summed E-state index contributed by atoms with van der Waals surface area (Å²) in [6.45, 7) is 4.42. The highest BCUT2D eigenvalue weighted by Crippen LogP contribution is 2.48. The molecule has 0 radical (unpaired) electrons. The van der Waals surface area contributed by atoms with Gasteiger partial charge in [-0.25, -0.2) is 0 Å². The van der Waals surface area contributed by atoms with Crippen LogP contribution in [0.2, 0.25) is 5.02 Å². The van der Waals surface area contributed by atoms with Gasteiger partial charge in [0.1, 0.15) is 5.78 Å². The van der Waals surface area contributed by atoms with Gasteiger partial charge in [0, 0.05) is 22.7 Å². The summed E-state index contributed by atoms with van der Waals surface area (Å²) in [7, 11) is 0. The van der Waals surface area contributed by atoms with Gasteiger partial charge in [0.2, 0.25) is 0 Å². The van der Waals surface area contributed by atoms with Crippen LogP contribution in [0.3, 0.4) is 0 Å². The number of ketones is 1. The third-order valence-corrected chi connectivity index (χ3v) is 5.81. The number of benzene rings is 3. The largest absolute Gasteiger partial charge is 0.299 e. The van der Waals surface area contributed by atoms with Crippen LogP contribution in [0, 0.1) is 5.92 Å². The van der Waals surface area contributed by atoms with E-state index in [1.807, 2.05) is 24.3 Å². The van der Waals surface area contributed by atoms with Crippen molar-refractivity contribution in [3.63, 3.8) is 0 Å². The van der Waals surface area contributed by atoms with Crippen LogP contribution in [0.15, 0.2) is 60.7 Å². The number of carbonyl (C=O) groups is 1. The van der Waals surface area contributed by atoms with Crippen LogP contribution in [0.25, 0.3) is 10.8 Å². The Kier molecular flexibility index (Phi) is 4.58. The molecule has 0 N–H and O–H groups in total. The lowest BCUT2D eigenvalue weighted by Crippen LogP contribution is -2.06. The Balaban J connectivity index is 1.48. The topological polar surface area (TPSA) is 17.1 Å². The highest BCUT2D eigenvalue weighted by Gasteiger charge is 2.43. The zero-order chi connectivity index (χ0) is 18.3. The summed E-state index contributed by atoms with van der Waals surface area (Å²) in [4.78, 5) is 12.8. The SMILES string of the molecule is CC(C)c1cccc(C2CC2C(=O)Cc2ccc3cccc(Cl)c3c2)c1. The summed E-state index contributed by atoms with van der Waals surface area (Å²) in [6.07, 6.45) is 1.47. The molecule has 0 aliphatic heterocycles. The molecule has 1 aliphatic carbocycles. The lowest BCUT2D eigenvalue weighted by Gasteiger charge is -2.08. The fraction of sp³-hybridized carbons (Fsp3) is 0.292. The molecule has 2 heteroatoms. The second kappa shape index (κ2) is 6.89. The Morgan fingerprint density at radius 2 is 1.88 bits per heavy atom. The van der Waals surface area contributed by atoms with E-state index in [1.165, 1.54) is 11.1 Å². The van der Waals surface area contributed by atoms with Crippen LogP contribution in [-0.2, 0) is 11.2 Å². The second-order valence-electron chi connectivity index (χ2n) is 7.71. The van der Waals surface area contributed by atoms with Crippen LogP contribution in [-0.4, -0.2) is 5.78 Å². The molecule has 1 fully saturated rings. The Morgan fingerprint density at radius 1 is 1.08 bits per heavy atom. The smallest absolute Gasteiger partial charge is 0.140 e. The molecule has 132 valence electrons. The van der Waals surface area contributed by atoms with Gasteiger partial charge in [-0.1, -0.05) is 74.0 Å². The first-order valence-electron chi connectivity index (χ1n) is 9.32. The maximum atomic E-state index is 12.8. The van der Waals surface area contributed by atoms with Gasteiger partial charge in [0.05, 0.1) is 0 Å². The van der Waals surface area contributed by atoms with Crippen molar-refractivity contribution in [2.45, 2.75) is 38.5 Å². The van der Waals surface area contributed by atoms with Crippen molar-refractivity contribution in [2.75, 3.05) is 0 Å². The van der Waals surface area contributed by atoms with Crippen LogP contribution >= 0.6 is 11.6 Å². The molecule has 26 heavy (non-hydrogen) atoms. The van der Waals surface area contributed by atoms with Gasteiger partial charge in [0.15, 0.2) is 0 Å². The minimum absolute atomic E-state index is 0.166. The zero-order valence-electron chi connectivity index (χ0n) is 15.2. The number of hydrogen-bond donors (Lipinski definition) is 0. The Labute approximate surface area is 160 Å². The normalized spacial score (nSPS) is 19.1. The molecular weight excluding hydrogens is 340 g/mol. The van der Waals surface area contributed by atoms with Crippen LogP contribution in [0.5, 0.6) is 0 Å². The van der Waals surface area contributed by atoms with Crippen molar-refractivity contribution in [3.05, 3.63) is 82.4 Å². The lowest BCUT2D eigenvalue weighted by molar-refractivity contribution is -0.119. The van der Waals surface area contributed by atoms with Gasteiger partial charge < -0.3 is 0 Å². The first kappa shape index (κ1) is 17.3. The van der Waals surface area contributed by atoms with Crippen LogP contribution < -0.4 is 0 Å². The quantitative estimate of drug-likeness (QED) is 0.504. The summed E-state index contributed by atoms with van der Waals surface area (Å²) in [6, 6.07) is 20.8. The first-order chi connectivity index (χ1) is 12.5. The molecule has 0 aromatic heterocycles. The van der Waals surface area contributed by atoms with Gasteiger partial charge in [0.25, 0.3) is 0 Å². The summed E-state index contributed by atoms with van der Waals surface area (Å²) in [5.41, 5.74) is 3.72. The average Bonchev–Trinajstić information content (AvgIpc) is 3.43. The molecule has 0 saturated heterocycles. The van der Waals surface area contributed by atoms with Crippen LogP contribution in [0.4, 0.5) is 0 Å². The van der Waals surface area contributed by atoms with Crippen molar-refractivity contribution in [1.82, 2.24) is 0 Å². The van der Waals surface area contributed by atoms with Gasteiger partial charge in [-0.05, 0) is 52.5 Å². The molecule has 1 aliphatic rings. The number of carbonyl (C=O) groups excluding carboxylic acids is 1. The third kappa shape index (κ3) is 3.41. The molecule has 4 rings (SSSR count). The number of rotatable bonds is 5. The van der Waals surface area contributed by atoms with E-state index >= 15 is 0 Å². The maximum Gasteiger partial charge on any atom is 0.140 e. The summed E-state index contributed by atoms with van der Waals surface area (Å²) in [5.74, 6) is 1.42. The minimum Gasteiger partial charge on any atom is -0.299 e. The number of fused-ring (bicyclic) bond motifs is 1. The fourth-order valence-corrected chi connectivity index (χ4v) is 4.03. The fourth-order valence-electron chi connectivity index (χ4n) is 3.79. The molecule has 1 saturated carbocycles. The molecule has 0 amide bonds. The lowest BCUT2D eigenvalue weighted by atomic mass is 9.97. The summed E-state index contributed by atoms with van der Waals surface area (Å²) < 4.78 is 0. The van der Waals surface area contributed by atoms with E-state index in [9.17, 15) is 4.79 Å². The molecule has 0 heterocycles.